The van der Waals surface area contributed by atoms with Crippen LogP contribution < -0.4 is 0 Å². The van der Waals surface area contributed by atoms with Crippen LogP contribution in [0.15, 0.2) is 12.2 Å². The first-order valence-electron chi connectivity index (χ1n) is 9.33. The fourth-order valence-electron chi connectivity index (χ4n) is 2.49. The minimum atomic E-state index is -1.07. The molecule has 5 nitrogen and oxygen atoms in total. The minimum absolute atomic E-state index is 0.215. The fourth-order valence-corrected chi connectivity index (χ4v) is 2.49. The van der Waals surface area contributed by atoms with Crippen molar-refractivity contribution in [2.75, 3.05) is 0 Å². The lowest BCUT2D eigenvalue weighted by atomic mass is 9.99. The van der Waals surface area contributed by atoms with Crippen molar-refractivity contribution in [1.82, 2.24) is 0 Å². The average Bonchev–Trinajstić information content (AvgIpc) is 2.56. The Bertz CT molecular complexity index is 343. The highest BCUT2D eigenvalue weighted by Crippen LogP contribution is 2.13. The summed E-state index contributed by atoms with van der Waals surface area (Å²) in [4.78, 5) is 10.7. The molecule has 0 spiro atoms. The standard InChI is InChI=1S/C19H36O5/c1-3-4-5-6-7-8-9-10-16(20)12-14-18(22)17(21)13-11-15(2)19(23)24/h12,14-18,20-22H,3-11,13H2,1-2H3,(H,23,24)/b14-12+. The molecule has 0 aliphatic heterocycles. The van der Waals surface area contributed by atoms with Crippen molar-refractivity contribution >= 4 is 5.97 Å². The van der Waals surface area contributed by atoms with Gasteiger partial charge in [-0.25, -0.2) is 0 Å². The van der Waals surface area contributed by atoms with Gasteiger partial charge < -0.3 is 20.4 Å². The van der Waals surface area contributed by atoms with Crippen LogP contribution in [0.5, 0.6) is 0 Å². The molecule has 0 amide bonds. The molecule has 4 unspecified atom stereocenters. The van der Waals surface area contributed by atoms with Gasteiger partial charge in [0.2, 0.25) is 0 Å². The van der Waals surface area contributed by atoms with Crippen LogP contribution in [0.3, 0.4) is 0 Å². The number of carboxylic acid groups (broad SMARTS) is 1. The number of hydrogen-bond acceptors (Lipinski definition) is 4. The summed E-state index contributed by atoms with van der Waals surface area (Å²) in [7, 11) is 0. The van der Waals surface area contributed by atoms with Gasteiger partial charge in [-0.15, -0.1) is 0 Å². The molecule has 0 aromatic carbocycles. The maximum absolute atomic E-state index is 10.7. The third-order valence-corrected chi connectivity index (χ3v) is 4.35. The van der Waals surface area contributed by atoms with Crippen molar-refractivity contribution in [3.05, 3.63) is 12.2 Å². The van der Waals surface area contributed by atoms with Crippen molar-refractivity contribution in [1.29, 1.82) is 0 Å². The minimum Gasteiger partial charge on any atom is -0.481 e. The SMILES string of the molecule is CCCCCCCCCC(O)/C=C/C(O)C(O)CCC(C)C(=O)O. The van der Waals surface area contributed by atoms with Gasteiger partial charge in [-0.3, -0.25) is 4.79 Å². The predicted molar refractivity (Wildman–Crippen MR) is 95.8 cm³/mol. The molecule has 4 N–H and O–H groups in total. The molecule has 0 aromatic rings. The molecular weight excluding hydrogens is 308 g/mol. The van der Waals surface area contributed by atoms with E-state index in [0.717, 1.165) is 12.8 Å². The second kappa shape index (κ2) is 14.4. The number of hydrogen-bond donors (Lipinski definition) is 4. The van der Waals surface area contributed by atoms with Gasteiger partial charge in [0.1, 0.15) is 0 Å². The third-order valence-electron chi connectivity index (χ3n) is 4.35. The zero-order valence-corrected chi connectivity index (χ0v) is 15.2. The summed E-state index contributed by atoms with van der Waals surface area (Å²) in [5.41, 5.74) is 0. The zero-order chi connectivity index (χ0) is 18.4. The number of aliphatic hydroxyl groups excluding tert-OH is 3. The van der Waals surface area contributed by atoms with E-state index in [1.165, 1.54) is 44.3 Å². The number of unbranched alkanes of at least 4 members (excludes halogenated alkanes) is 6. The van der Waals surface area contributed by atoms with E-state index in [9.17, 15) is 20.1 Å². The Balaban J connectivity index is 3.82. The second-order valence-corrected chi connectivity index (χ2v) is 6.74. The van der Waals surface area contributed by atoms with Gasteiger partial charge >= 0.3 is 5.97 Å². The normalized spacial score (nSPS) is 16.9. The molecule has 0 aromatic heterocycles. The molecule has 0 fully saturated rings. The van der Waals surface area contributed by atoms with E-state index >= 15 is 0 Å². The Morgan fingerprint density at radius 1 is 0.875 bits per heavy atom. The quantitative estimate of drug-likeness (QED) is 0.270. The van der Waals surface area contributed by atoms with Crippen LogP contribution in [0.2, 0.25) is 0 Å². The number of rotatable bonds is 15. The molecule has 0 saturated heterocycles. The Morgan fingerprint density at radius 3 is 2.04 bits per heavy atom. The number of carbonyl (C=O) groups is 1. The highest BCUT2D eigenvalue weighted by Gasteiger charge is 2.17. The van der Waals surface area contributed by atoms with Crippen LogP contribution in [0, 0.1) is 5.92 Å². The van der Waals surface area contributed by atoms with Crippen LogP contribution in [0.1, 0.15) is 78.1 Å². The largest absolute Gasteiger partial charge is 0.481 e. The topological polar surface area (TPSA) is 98.0 Å². The maximum Gasteiger partial charge on any atom is 0.306 e. The first-order valence-corrected chi connectivity index (χ1v) is 9.33. The van der Waals surface area contributed by atoms with Gasteiger partial charge in [-0.2, -0.15) is 0 Å². The molecule has 5 heteroatoms. The summed E-state index contributed by atoms with van der Waals surface area (Å²) < 4.78 is 0. The molecule has 0 saturated carbocycles. The van der Waals surface area contributed by atoms with Gasteiger partial charge in [0, 0.05) is 0 Å². The Labute approximate surface area is 146 Å². The van der Waals surface area contributed by atoms with Gasteiger partial charge in [0.25, 0.3) is 0 Å². The van der Waals surface area contributed by atoms with Crippen molar-refractivity contribution in [3.8, 4) is 0 Å². The molecule has 0 radical (unpaired) electrons. The maximum atomic E-state index is 10.7. The molecule has 0 bridgehead atoms. The molecule has 0 rings (SSSR count). The van der Waals surface area contributed by atoms with Crippen LogP contribution in [0.4, 0.5) is 0 Å². The van der Waals surface area contributed by atoms with E-state index in [2.05, 4.69) is 6.92 Å². The van der Waals surface area contributed by atoms with E-state index < -0.39 is 30.2 Å². The summed E-state index contributed by atoms with van der Waals surface area (Å²) in [5, 5.41) is 38.3. The molecular formula is C19H36O5. The summed E-state index contributed by atoms with van der Waals surface area (Å²) in [6, 6.07) is 0. The Hall–Kier alpha value is -0.910. The smallest absolute Gasteiger partial charge is 0.306 e. The number of aliphatic carboxylic acids is 1. The lowest BCUT2D eigenvalue weighted by Gasteiger charge is -2.16. The molecule has 142 valence electrons. The van der Waals surface area contributed by atoms with Crippen LogP contribution in [-0.4, -0.2) is 44.7 Å². The molecule has 0 heterocycles. The summed E-state index contributed by atoms with van der Waals surface area (Å²) in [6.45, 7) is 3.77. The lowest BCUT2D eigenvalue weighted by molar-refractivity contribution is -0.141. The molecule has 0 aliphatic carbocycles. The lowest BCUT2D eigenvalue weighted by Crippen LogP contribution is -2.25. The fraction of sp³-hybridized carbons (Fsp3) is 0.842. The average molecular weight is 344 g/mol. The van der Waals surface area contributed by atoms with E-state index in [1.807, 2.05) is 0 Å². The highest BCUT2D eigenvalue weighted by atomic mass is 16.4. The first kappa shape index (κ1) is 23.1. The van der Waals surface area contributed by atoms with Crippen LogP contribution in [0.25, 0.3) is 0 Å². The molecule has 0 aliphatic rings. The first-order chi connectivity index (χ1) is 11.4. The monoisotopic (exact) mass is 344 g/mol. The van der Waals surface area contributed by atoms with E-state index in [0.29, 0.717) is 12.8 Å². The van der Waals surface area contributed by atoms with Gasteiger partial charge in [0.05, 0.1) is 24.2 Å². The van der Waals surface area contributed by atoms with Gasteiger partial charge in [0.15, 0.2) is 0 Å². The van der Waals surface area contributed by atoms with Crippen molar-refractivity contribution in [2.45, 2.75) is 96.4 Å². The van der Waals surface area contributed by atoms with Crippen molar-refractivity contribution < 1.29 is 25.2 Å². The second-order valence-electron chi connectivity index (χ2n) is 6.74. The van der Waals surface area contributed by atoms with Gasteiger partial charge in [-0.05, 0) is 19.3 Å². The zero-order valence-electron chi connectivity index (χ0n) is 15.2. The van der Waals surface area contributed by atoms with Crippen LogP contribution >= 0.6 is 0 Å². The molecule has 4 atom stereocenters. The van der Waals surface area contributed by atoms with E-state index in [4.69, 9.17) is 5.11 Å². The summed E-state index contributed by atoms with van der Waals surface area (Å²) in [5.74, 6) is -1.45. The number of carboxylic acids is 1. The Kier molecular flexibility index (Phi) is 13.9. The molecule has 24 heavy (non-hydrogen) atoms. The van der Waals surface area contributed by atoms with Crippen molar-refractivity contribution in [3.63, 3.8) is 0 Å². The van der Waals surface area contributed by atoms with Crippen molar-refractivity contribution in [2.24, 2.45) is 5.92 Å². The number of aliphatic hydroxyl groups is 3. The third kappa shape index (κ3) is 12.5. The Morgan fingerprint density at radius 2 is 1.46 bits per heavy atom. The van der Waals surface area contributed by atoms with Gasteiger partial charge in [-0.1, -0.05) is 70.9 Å². The van der Waals surface area contributed by atoms with E-state index in [-0.39, 0.29) is 6.42 Å². The summed E-state index contributed by atoms with van der Waals surface area (Å²) in [6.07, 6.45) is 9.72. The summed E-state index contributed by atoms with van der Waals surface area (Å²) >= 11 is 0. The highest BCUT2D eigenvalue weighted by molar-refractivity contribution is 5.69. The predicted octanol–water partition coefficient (Wildman–Crippen LogP) is 3.27. The van der Waals surface area contributed by atoms with Crippen LogP contribution in [-0.2, 0) is 4.79 Å². The van der Waals surface area contributed by atoms with E-state index in [1.54, 1.807) is 6.92 Å².